The van der Waals surface area contributed by atoms with Gasteiger partial charge in [-0.25, -0.2) is 4.98 Å². The lowest BCUT2D eigenvalue weighted by atomic mass is 9.68. The lowest BCUT2D eigenvalue weighted by molar-refractivity contribution is -0.0487. The summed E-state index contributed by atoms with van der Waals surface area (Å²) in [6.45, 7) is 6.57. The molecule has 2 aliphatic carbocycles. The van der Waals surface area contributed by atoms with Gasteiger partial charge in [0, 0.05) is 50.3 Å². The van der Waals surface area contributed by atoms with E-state index >= 15 is 0 Å². The zero-order valence-electron chi connectivity index (χ0n) is 26.7. The minimum atomic E-state index is 0.495. The quantitative estimate of drug-likeness (QED) is 0.265. The fraction of sp³-hybridized carbons (Fsp3) is 0.806. The van der Waals surface area contributed by atoms with Gasteiger partial charge in [-0.15, -0.1) is 0 Å². The van der Waals surface area contributed by atoms with Crippen molar-refractivity contribution in [3.8, 4) is 0 Å². The SMILES string of the molecule is COCCOCCOCCN1CCC[C@H](c2nc3ccccc3n2[C@H]2C[C@H]3CCC[C@@H](C2)N3[C@H]2C[C@@H]3CCC[C@@H](C3)C2)C1. The van der Waals surface area contributed by atoms with Gasteiger partial charge in [-0.05, 0) is 88.3 Å². The summed E-state index contributed by atoms with van der Waals surface area (Å²) in [4.78, 5) is 11.1. The Balaban J connectivity index is 1.03. The first-order valence-electron chi connectivity index (χ1n) is 17.9. The number of likely N-dealkylation sites (tertiary alicyclic amines) is 1. The smallest absolute Gasteiger partial charge is 0.114 e. The minimum absolute atomic E-state index is 0.495. The predicted octanol–water partition coefficient (Wildman–Crippen LogP) is 6.42. The Morgan fingerprint density at radius 1 is 0.721 bits per heavy atom. The van der Waals surface area contributed by atoms with Gasteiger partial charge in [-0.1, -0.05) is 37.8 Å². The average Bonchev–Trinajstić information content (AvgIpc) is 3.41. The summed E-state index contributed by atoms with van der Waals surface area (Å²) in [7, 11) is 1.70. The number of ether oxygens (including phenoxy) is 3. The number of aromatic nitrogens is 2. The highest BCUT2D eigenvalue weighted by Gasteiger charge is 2.45. The summed E-state index contributed by atoms with van der Waals surface area (Å²) in [6.07, 6.45) is 18.3. The topological polar surface area (TPSA) is 52.0 Å². The van der Waals surface area contributed by atoms with Crippen LogP contribution in [0, 0.1) is 11.8 Å². The van der Waals surface area contributed by atoms with Crippen LogP contribution in [0.5, 0.6) is 0 Å². The van der Waals surface area contributed by atoms with Crippen molar-refractivity contribution in [3.05, 3.63) is 30.1 Å². The summed E-state index contributed by atoms with van der Waals surface area (Å²) >= 11 is 0. The molecule has 0 amide bonds. The summed E-state index contributed by atoms with van der Waals surface area (Å²) < 4.78 is 19.3. The molecule has 0 spiro atoms. The van der Waals surface area contributed by atoms with Gasteiger partial charge in [0.1, 0.15) is 5.82 Å². The Bertz CT molecular complexity index is 1140. The van der Waals surface area contributed by atoms with Crippen LogP contribution in [0.4, 0.5) is 0 Å². The number of piperidine rings is 3. The average molecular weight is 593 g/mol. The molecule has 238 valence electrons. The highest BCUT2D eigenvalue weighted by molar-refractivity contribution is 5.76. The Hall–Kier alpha value is -1.51. The van der Waals surface area contributed by atoms with Crippen molar-refractivity contribution in [1.82, 2.24) is 19.4 Å². The fourth-order valence-corrected chi connectivity index (χ4v) is 10.00. The van der Waals surface area contributed by atoms with Gasteiger partial charge >= 0.3 is 0 Å². The minimum Gasteiger partial charge on any atom is -0.382 e. The second kappa shape index (κ2) is 14.3. The van der Waals surface area contributed by atoms with Crippen molar-refractivity contribution < 1.29 is 14.2 Å². The number of benzene rings is 1. The number of nitrogens with zero attached hydrogens (tertiary/aromatic N) is 4. The summed E-state index contributed by atoms with van der Waals surface area (Å²) in [6, 6.07) is 11.9. The molecule has 4 bridgehead atoms. The number of fused-ring (bicyclic) bond motifs is 5. The van der Waals surface area contributed by atoms with Gasteiger partial charge in [-0.3, -0.25) is 4.90 Å². The molecule has 3 saturated heterocycles. The summed E-state index contributed by atoms with van der Waals surface area (Å²) in [5.41, 5.74) is 2.56. The molecule has 4 heterocycles. The molecule has 5 fully saturated rings. The number of methoxy groups -OCH3 is 1. The summed E-state index contributed by atoms with van der Waals surface area (Å²) in [5.74, 6) is 3.87. The fourth-order valence-electron chi connectivity index (χ4n) is 10.00. The van der Waals surface area contributed by atoms with Crippen LogP contribution in [0.1, 0.15) is 101 Å². The van der Waals surface area contributed by atoms with Crippen molar-refractivity contribution in [2.75, 3.05) is 59.8 Å². The summed E-state index contributed by atoms with van der Waals surface area (Å²) in [5, 5.41) is 0. The van der Waals surface area contributed by atoms with Crippen molar-refractivity contribution in [2.24, 2.45) is 11.8 Å². The normalized spacial score (nSPS) is 33.7. The van der Waals surface area contributed by atoms with Gasteiger partial charge in [0.15, 0.2) is 0 Å². The van der Waals surface area contributed by atoms with Crippen molar-refractivity contribution >= 4 is 11.0 Å². The van der Waals surface area contributed by atoms with Crippen molar-refractivity contribution in [2.45, 2.75) is 114 Å². The lowest BCUT2D eigenvalue weighted by Crippen LogP contribution is -2.58. The van der Waals surface area contributed by atoms with E-state index in [1.54, 1.807) is 7.11 Å². The van der Waals surface area contributed by atoms with E-state index in [0.717, 1.165) is 56.2 Å². The maximum Gasteiger partial charge on any atom is 0.114 e. The lowest BCUT2D eigenvalue weighted by Gasteiger charge is -2.55. The molecule has 1 aromatic carbocycles. The Kier molecular flexibility index (Phi) is 10.0. The van der Waals surface area contributed by atoms with Crippen molar-refractivity contribution in [3.63, 3.8) is 0 Å². The van der Waals surface area contributed by atoms with Crippen LogP contribution in [-0.4, -0.2) is 97.3 Å². The van der Waals surface area contributed by atoms with Gasteiger partial charge in [0.2, 0.25) is 0 Å². The molecule has 7 nitrogen and oxygen atoms in total. The van der Waals surface area contributed by atoms with E-state index in [9.17, 15) is 0 Å². The van der Waals surface area contributed by atoms with Gasteiger partial charge in [0.25, 0.3) is 0 Å². The molecule has 7 heteroatoms. The van der Waals surface area contributed by atoms with Crippen LogP contribution in [0.25, 0.3) is 11.0 Å². The van der Waals surface area contributed by atoms with Crippen LogP contribution in [0.15, 0.2) is 24.3 Å². The molecular weight excluding hydrogens is 536 g/mol. The highest BCUT2D eigenvalue weighted by Crippen LogP contribution is 2.48. The number of hydrogen-bond acceptors (Lipinski definition) is 6. The monoisotopic (exact) mass is 592 g/mol. The third-order valence-electron chi connectivity index (χ3n) is 11.7. The van der Waals surface area contributed by atoms with Crippen LogP contribution < -0.4 is 0 Å². The zero-order valence-corrected chi connectivity index (χ0v) is 26.7. The molecule has 7 atom stereocenters. The maximum absolute atomic E-state index is 5.92. The van der Waals surface area contributed by atoms with E-state index in [-0.39, 0.29) is 0 Å². The molecule has 2 aromatic rings. The van der Waals surface area contributed by atoms with Crippen LogP contribution in [0.3, 0.4) is 0 Å². The third kappa shape index (κ3) is 6.86. The standard InChI is InChI=1S/C36H56N4O3/c1-41-17-18-43-20-19-42-16-15-38-14-6-9-29(26-38)36-37-34-12-2-3-13-35(34)40(36)33-24-30-10-5-11-31(25-33)39(30)32-22-27-7-4-8-28(21-27)23-32/h2-3,12-13,27-33H,4-11,14-26H2,1H3/t27-,28+,29-,30-,31+,32+,33+/m0/s1. The Morgan fingerprint density at radius 3 is 2.23 bits per heavy atom. The number of hydrogen-bond donors (Lipinski definition) is 0. The van der Waals surface area contributed by atoms with Crippen LogP contribution in [-0.2, 0) is 14.2 Å². The molecule has 0 N–H and O–H groups in total. The molecule has 3 aliphatic heterocycles. The molecule has 0 unspecified atom stereocenters. The third-order valence-corrected chi connectivity index (χ3v) is 11.7. The van der Waals surface area contributed by atoms with Crippen LogP contribution >= 0.6 is 0 Å². The second-order valence-corrected chi connectivity index (χ2v) is 14.5. The largest absolute Gasteiger partial charge is 0.382 e. The van der Waals surface area contributed by atoms with E-state index in [4.69, 9.17) is 19.2 Å². The molecule has 43 heavy (non-hydrogen) atoms. The van der Waals surface area contributed by atoms with E-state index in [1.807, 2.05) is 0 Å². The molecule has 0 radical (unpaired) electrons. The van der Waals surface area contributed by atoms with Gasteiger partial charge in [-0.2, -0.15) is 0 Å². The van der Waals surface area contributed by atoms with E-state index in [1.165, 1.54) is 100 Å². The van der Waals surface area contributed by atoms with Crippen LogP contribution in [0.2, 0.25) is 0 Å². The highest BCUT2D eigenvalue weighted by atomic mass is 16.5. The molecule has 2 saturated carbocycles. The molecule has 7 rings (SSSR count). The van der Waals surface area contributed by atoms with E-state index in [2.05, 4.69) is 38.6 Å². The first-order valence-corrected chi connectivity index (χ1v) is 17.9. The van der Waals surface area contributed by atoms with E-state index in [0.29, 0.717) is 38.4 Å². The number of imidazole rings is 1. The number of para-hydroxylation sites is 2. The maximum atomic E-state index is 5.92. The molecular formula is C36H56N4O3. The Morgan fingerprint density at radius 2 is 1.44 bits per heavy atom. The van der Waals surface area contributed by atoms with Gasteiger partial charge < -0.3 is 23.7 Å². The first kappa shape index (κ1) is 30.2. The molecule has 5 aliphatic rings. The Labute approximate surface area is 259 Å². The van der Waals surface area contributed by atoms with E-state index < -0.39 is 0 Å². The zero-order chi connectivity index (χ0) is 29.0. The first-order chi connectivity index (χ1) is 21.3. The number of rotatable bonds is 12. The second-order valence-electron chi connectivity index (χ2n) is 14.5. The van der Waals surface area contributed by atoms with Crippen molar-refractivity contribution in [1.29, 1.82) is 0 Å². The predicted molar refractivity (Wildman–Crippen MR) is 172 cm³/mol. The molecule has 1 aromatic heterocycles. The van der Waals surface area contributed by atoms with Gasteiger partial charge in [0.05, 0.1) is 44.1 Å².